The molecule has 2 saturated carbocycles. The van der Waals surface area contributed by atoms with Crippen LogP contribution in [0, 0.1) is 40.4 Å². The number of hydrogen-bond acceptors (Lipinski definition) is 4. The van der Waals surface area contributed by atoms with Gasteiger partial charge in [0.05, 0.1) is 12.2 Å². The van der Waals surface area contributed by atoms with Gasteiger partial charge in [-0.15, -0.1) is 0 Å². The summed E-state index contributed by atoms with van der Waals surface area (Å²) in [5, 5.41) is 31.6. The standard InChI is InChI=1S/C27H44O4/c1-16(2)24(30)8-5-17(15-28)20-6-7-21-19-14-25(31)23-13-18(29)9-11-27(23,4)22(19)10-12-26(20,21)3/h16-18,20-21,23,25,28-29,31H,5-15H2,1-4H3/t17-,18-,20+,21-,23+,25-,26+,27+/m0/s1. The minimum atomic E-state index is -0.350. The molecule has 4 aliphatic carbocycles. The molecule has 4 nitrogen and oxygen atoms in total. The molecule has 0 bridgehead atoms. The zero-order valence-corrected chi connectivity index (χ0v) is 20.1. The Labute approximate surface area is 188 Å². The summed E-state index contributed by atoms with van der Waals surface area (Å²) >= 11 is 0. The van der Waals surface area contributed by atoms with Crippen LogP contribution in [0.25, 0.3) is 0 Å². The molecule has 0 radical (unpaired) electrons. The Balaban J connectivity index is 1.58. The van der Waals surface area contributed by atoms with Gasteiger partial charge >= 0.3 is 0 Å². The molecule has 3 N–H and O–H groups in total. The Bertz CT molecular complexity index is 727. The monoisotopic (exact) mass is 432 g/mol. The number of rotatable bonds is 6. The van der Waals surface area contributed by atoms with Crippen LogP contribution in [0.1, 0.15) is 91.9 Å². The van der Waals surface area contributed by atoms with Crippen molar-refractivity contribution in [3.8, 4) is 0 Å². The van der Waals surface area contributed by atoms with Gasteiger partial charge in [0, 0.05) is 18.9 Å². The molecule has 2 fully saturated rings. The molecule has 8 atom stereocenters. The lowest BCUT2D eigenvalue weighted by Crippen LogP contribution is -2.50. The van der Waals surface area contributed by atoms with E-state index in [0.717, 1.165) is 57.8 Å². The molecular weight excluding hydrogens is 388 g/mol. The van der Waals surface area contributed by atoms with Gasteiger partial charge in [-0.1, -0.05) is 38.8 Å². The van der Waals surface area contributed by atoms with Gasteiger partial charge in [-0.2, -0.15) is 0 Å². The quantitative estimate of drug-likeness (QED) is 0.534. The normalized spacial score (nSPS) is 43.4. The number of allylic oxidation sites excluding steroid dienone is 1. The van der Waals surface area contributed by atoms with Crippen LogP contribution in [0.3, 0.4) is 0 Å². The van der Waals surface area contributed by atoms with Crippen molar-refractivity contribution >= 4 is 5.78 Å². The van der Waals surface area contributed by atoms with E-state index < -0.39 is 0 Å². The molecule has 0 aromatic rings. The van der Waals surface area contributed by atoms with E-state index in [1.54, 1.807) is 5.57 Å². The van der Waals surface area contributed by atoms with Gasteiger partial charge < -0.3 is 15.3 Å². The Morgan fingerprint density at radius 1 is 1.13 bits per heavy atom. The highest BCUT2D eigenvalue weighted by molar-refractivity contribution is 5.80. The number of carbonyl (C=O) groups is 1. The van der Waals surface area contributed by atoms with Crippen molar-refractivity contribution < 1.29 is 20.1 Å². The highest BCUT2D eigenvalue weighted by Gasteiger charge is 2.57. The number of aliphatic hydroxyl groups excluding tert-OH is 3. The summed E-state index contributed by atoms with van der Waals surface area (Å²) in [6, 6.07) is 0. The van der Waals surface area contributed by atoms with Gasteiger partial charge in [0.1, 0.15) is 5.78 Å². The van der Waals surface area contributed by atoms with Crippen molar-refractivity contribution in [3.05, 3.63) is 11.1 Å². The number of aliphatic hydroxyl groups is 3. The first-order valence-corrected chi connectivity index (χ1v) is 12.8. The second kappa shape index (κ2) is 8.57. The zero-order valence-electron chi connectivity index (χ0n) is 20.1. The summed E-state index contributed by atoms with van der Waals surface area (Å²) in [6.45, 7) is 8.88. The highest BCUT2D eigenvalue weighted by Crippen LogP contribution is 2.66. The maximum atomic E-state index is 12.2. The van der Waals surface area contributed by atoms with E-state index in [1.165, 1.54) is 5.57 Å². The van der Waals surface area contributed by atoms with E-state index in [1.807, 2.05) is 13.8 Å². The van der Waals surface area contributed by atoms with Crippen LogP contribution in [-0.4, -0.2) is 39.9 Å². The average Bonchev–Trinajstić information content (AvgIpc) is 3.07. The third-order valence-corrected chi connectivity index (χ3v) is 10.3. The molecule has 0 amide bonds. The molecule has 0 saturated heterocycles. The van der Waals surface area contributed by atoms with Crippen LogP contribution >= 0.6 is 0 Å². The Kier molecular flexibility index (Phi) is 6.48. The minimum Gasteiger partial charge on any atom is -0.396 e. The fraction of sp³-hybridized carbons (Fsp3) is 0.889. The summed E-state index contributed by atoms with van der Waals surface area (Å²) in [5.74, 6) is 1.70. The predicted octanol–water partition coefficient (Wildman–Crippen LogP) is 4.66. The molecular formula is C27H44O4. The first kappa shape index (κ1) is 23.4. The molecule has 176 valence electrons. The van der Waals surface area contributed by atoms with E-state index in [2.05, 4.69) is 13.8 Å². The summed E-state index contributed by atoms with van der Waals surface area (Å²) in [6.07, 6.45) is 8.60. The number of ketones is 1. The first-order chi connectivity index (χ1) is 14.6. The van der Waals surface area contributed by atoms with Gasteiger partial charge in [0.15, 0.2) is 0 Å². The molecule has 4 aliphatic rings. The summed E-state index contributed by atoms with van der Waals surface area (Å²) in [4.78, 5) is 12.2. The van der Waals surface area contributed by atoms with Crippen molar-refractivity contribution in [1.82, 2.24) is 0 Å². The second-order valence-electron chi connectivity index (χ2n) is 12.1. The topological polar surface area (TPSA) is 77.8 Å². The van der Waals surface area contributed by atoms with Crippen LogP contribution in [-0.2, 0) is 4.79 Å². The molecule has 31 heavy (non-hydrogen) atoms. The summed E-state index contributed by atoms with van der Waals surface area (Å²) in [7, 11) is 0. The maximum absolute atomic E-state index is 12.2. The van der Waals surface area contributed by atoms with E-state index in [9.17, 15) is 20.1 Å². The Morgan fingerprint density at radius 2 is 1.87 bits per heavy atom. The fourth-order valence-corrected chi connectivity index (χ4v) is 8.34. The maximum Gasteiger partial charge on any atom is 0.135 e. The molecule has 0 aromatic heterocycles. The van der Waals surface area contributed by atoms with Crippen molar-refractivity contribution in [2.75, 3.05) is 6.61 Å². The first-order valence-electron chi connectivity index (χ1n) is 12.8. The lowest BCUT2D eigenvalue weighted by molar-refractivity contribution is -0.122. The molecule has 0 aromatic carbocycles. The third-order valence-electron chi connectivity index (χ3n) is 10.3. The van der Waals surface area contributed by atoms with E-state index >= 15 is 0 Å². The molecule has 4 rings (SSSR count). The van der Waals surface area contributed by atoms with Gasteiger partial charge in [-0.3, -0.25) is 4.79 Å². The van der Waals surface area contributed by atoms with E-state index in [0.29, 0.717) is 24.0 Å². The molecule has 0 heterocycles. The zero-order chi connectivity index (χ0) is 22.6. The highest BCUT2D eigenvalue weighted by atomic mass is 16.3. The van der Waals surface area contributed by atoms with Crippen molar-refractivity contribution in [2.24, 2.45) is 40.4 Å². The van der Waals surface area contributed by atoms with E-state index in [-0.39, 0.29) is 47.4 Å². The Hall–Kier alpha value is -0.710. The fourth-order valence-electron chi connectivity index (χ4n) is 8.34. The van der Waals surface area contributed by atoms with Crippen LogP contribution in [0.4, 0.5) is 0 Å². The minimum absolute atomic E-state index is 0.0334. The smallest absolute Gasteiger partial charge is 0.135 e. The summed E-state index contributed by atoms with van der Waals surface area (Å²) in [5.41, 5.74) is 3.32. The van der Waals surface area contributed by atoms with Crippen molar-refractivity contribution in [2.45, 2.75) is 104 Å². The van der Waals surface area contributed by atoms with Gasteiger partial charge in [0.25, 0.3) is 0 Å². The van der Waals surface area contributed by atoms with Crippen LogP contribution in [0.5, 0.6) is 0 Å². The molecule has 4 heteroatoms. The summed E-state index contributed by atoms with van der Waals surface area (Å²) < 4.78 is 0. The third kappa shape index (κ3) is 3.85. The van der Waals surface area contributed by atoms with Crippen LogP contribution in [0.15, 0.2) is 11.1 Å². The molecule has 0 spiro atoms. The number of fused-ring (bicyclic) bond motifs is 4. The lowest BCUT2D eigenvalue weighted by Gasteiger charge is -2.56. The van der Waals surface area contributed by atoms with Crippen LogP contribution < -0.4 is 0 Å². The average molecular weight is 433 g/mol. The van der Waals surface area contributed by atoms with Crippen molar-refractivity contribution in [1.29, 1.82) is 0 Å². The second-order valence-corrected chi connectivity index (χ2v) is 12.1. The Morgan fingerprint density at radius 3 is 2.55 bits per heavy atom. The number of Topliss-reactive ketones (excluding diaryl/α,β-unsaturated/α-hetero) is 1. The number of hydrogen-bond donors (Lipinski definition) is 3. The largest absolute Gasteiger partial charge is 0.396 e. The lowest BCUT2D eigenvalue weighted by atomic mass is 9.50. The van der Waals surface area contributed by atoms with E-state index in [4.69, 9.17) is 0 Å². The van der Waals surface area contributed by atoms with Gasteiger partial charge in [0.2, 0.25) is 0 Å². The van der Waals surface area contributed by atoms with Gasteiger partial charge in [-0.25, -0.2) is 0 Å². The predicted molar refractivity (Wildman–Crippen MR) is 122 cm³/mol. The SMILES string of the molecule is CC(C)C(=O)CC[C@@H](CO)[C@H]1CC[C@H]2C3=C(CC[C@]12C)[C@@]1(C)CC[C@H](O)C[C@@H]1[C@@H](O)C3. The molecule has 0 unspecified atom stereocenters. The van der Waals surface area contributed by atoms with Crippen molar-refractivity contribution in [3.63, 3.8) is 0 Å². The van der Waals surface area contributed by atoms with Gasteiger partial charge in [-0.05, 0) is 92.3 Å². The van der Waals surface area contributed by atoms with Crippen LogP contribution in [0.2, 0.25) is 0 Å². The number of carbonyl (C=O) groups excluding carboxylic acids is 1. The molecule has 0 aliphatic heterocycles.